The second-order valence-electron chi connectivity index (χ2n) is 8.06. The summed E-state index contributed by atoms with van der Waals surface area (Å²) >= 11 is 0. The average Bonchev–Trinajstić information content (AvgIpc) is 2.83. The Morgan fingerprint density at radius 1 is 1.50 bits per heavy atom. The van der Waals surface area contributed by atoms with Gasteiger partial charge in [0.15, 0.2) is 5.78 Å². The summed E-state index contributed by atoms with van der Waals surface area (Å²) < 4.78 is 5.88. The van der Waals surface area contributed by atoms with Crippen LogP contribution in [0.5, 0.6) is 0 Å². The quantitative estimate of drug-likeness (QED) is 0.632. The lowest BCUT2D eigenvalue weighted by atomic mass is 9.62. The minimum Gasteiger partial charge on any atom is -0.461 e. The number of aliphatic hydroxyl groups is 1. The van der Waals surface area contributed by atoms with Crippen molar-refractivity contribution in [2.24, 2.45) is 23.2 Å². The molecule has 0 saturated heterocycles. The van der Waals surface area contributed by atoms with E-state index in [0.717, 1.165) is 17.6 Å². The molecule has 0 bridgehead atoms. The van der Waals surface area contributed by atoms with Crippen molar-refractivity contribution in [1.82, 2.24) is 0 Å². The SMILES string of the molecule is C=C(C)[C@H]1C[C@H](OC(=O)CC(C)C)[C@]2(C1)C(C)=CC(=O)[C@@H](O)[C@@H]2C. The maximum absolute atomic E-state index is 12.3. The minimum absolute atomic E-state index is 0.205. The molecule has 0 aromatic rings. The normalized spacial score (nSPS) is 36.1. The molecule has 0 aromatic heterocycles. The van der Waals surface area contributed by atoms with Crippen molar-refractivity contribution < 1.29 is 19.4 Å². The lowest BCUT2D eigenvalue weighted by Gasteiger charge is -2.45. The third kappa shape index (κ3) is 3.21. The molecule has 2 aliphatic rings. The second kappa shape index (κ2) is 6.83. The Morgan fingerprint density at radius 3 is 2.67 bits per heavy atom. The minimum atomic E-state index is -1.04. The summed E-state index contributed by atoms with van der Waals surface area (Å²) in [6, 6.07) is 0. The molecule has 4 nitrogen and oxygen atoms in total. The number of rotatable bonds is 4. The molecular formula is C20H30O4. The van der Waals surface area contributed by atoms with Gasteiger partial charge < -0.3 is 9.84 Å². The van der Waals surface area contributed by atoms with Crippen LogP contribution < -0.4 is 0 Å². The van der Waals surface area contributed by atoms with Crippen LogP contribution in [-0.2, 0) is 14.3 Å². The van der Waals surface area contributed by atoms with Crippen LogP contribution in [0.1, 0.15) is 53.9 Å². The zero-order valence-electron chi connectivity index (χ0n) is 15.5. The molecule has 24 heavy (non-hydrogen) atoms. The zero-order valence-corrected chi connectivity index (χ0v) is 15.5. The molecule has 0 heterocycles. The molecule has 134 valence electrons. The van der Waals surface area contributed by atoms with Gasteiger partial charge in [0, 0.05) is 17.8 Å². The maximum atomic E-state index is 12.3. The Morgan fingerprint density at radius 2 is 2.12 bits per heavy atom. The summed E-state index contributed by atoms with van der Waals surface area (Å²) in [6.45, 7) is 13.8. The van der Waals surface area contributed by atoms with Gasteiger partial charge in [-0.1, -0.05) is 38.5 Å². The van der Waals surface area contributed by atoms with Crippen molar-refractivity contribution in [3.8, 4) is 0 Å². The summed E-state index contributed by atoms with van der Waals surface area (Å²) in [5.41, 5.74) is 1.49. The lowest BCUT2D eigenvalue weighted by Crippen LogP contribution is -2.50. The monoisotopic (exact) mass is 334 g/mol. The van der Waals surface area contributed by atoms with Crippen LogP contribution in [0.4, 0.5) is 0 Å². The highest BCUT2D eigenvalue weighted by Gasteiger charge is 2.57. The van der Waals surface area contributed by atoms with Crippen LogP contribution in [0, 0.1) is 23.2 Å². The first kappa shape index (κ1) is 18.9. The van der Waals surface area contributed by atoms with Crippen molar-refractivity contribution in [1.29, 1.82) is 0 Å². The predicted molar refractivity (Wildman–Crippen MR) is 93.2 cm³/mol. The van der Waals surface area contributed by atoms with E-state index in [4.69, 9.17) is 4.74 Å². The molecule has 5 atom stereocenters. The number of ether oxygens (including phenoxy) is 1. The number of ketones is 1. The maximum Gasteiger partial charge on any atom is 0.306 e. The molecule has 0 aliphatic heterocycles. The van der Waals surface area contributed by atoms with E-state index in [0.29, 0.717) is 12.8 Å². The Kier molecular flexibility index (Phi) is 5.38. The summed E-state index contributed by atoms with van der Waals surface area (Å²) in [4.78, 5) is 24.3. The molecule has 1 fully saturated rings. The molecule has 0 radical (unpaired) electrons. The highest BCUT2D eigenvalue weighted by molar-refractivity contribution is 5.95. The van der Waals surface area contributed by atoms with Gasteiger partial charge >= 0.3 is 5.97 Å². The highest BCUT2D eigenvalue weighted by atomic mass is 16.5. The van der Waals surface area contributed by atoms with E-state index in [1.807, 2.05) is 34.6 Å². The zero-order chi connectivity index (χ0) is 18.2. The first-order chi connectivity index (χ1) is 11.1. The van der Waals surface area contributed by atoms with Gasteiger partial charge in [0.25, 0.3) is 0 Å². The van der Waals surface area contributed by atoms with Gasteiger partial charge in [-0.15, -0.1) is 0 Å². The Balaban J connectivity index is 2.39. The van der Waals surface area contributed by atoms with E-state index in [1.54, 1.807) is 0 Å². The average molecular weight is 334 g/mol. The van der Waals surface area contributed by atoms with Crippen LogP contribution in [0.25, 0.3) is 0 Å². The Hall–Kier alpha value is -1.42. The molecule has 0 aromatic carbocycles. The van der Waals surface area contributed by atoms with Gasteiger partial charge in [0.1, 0.15) is 12.2 Å². The topological polar surface area (TPSA) is 63.6 Å². The van der Waals surface area contributed by atoms with Crippen molar-refractivity contribution >= 4 is 11.8 Å². The highest BCUT2D eigenvalue weighted by Crippen LogP contribution is 2.57. The molecule has 4 heteroatoms. The van der Waals surface area contributed by atoms with Crippen molar-refractivity contribution in [3.63, 3.8) is 0 Å². The molecule has 2 aliphatic carbocycles. The summed E-state index contributed by atoms with van der Waals surface area (Å²) in [5.74, 6) is -0.275. The van der Waals surface area contributed by atoms with Crippen LogP contribution in [0.3, 0.4) is 0 Å². The molecule has 1 saturated carbocycles. The number of esters is 1. The molecule has 0 amide bonds. The van der Waals surface area contributed by atoms with Gasteiger partial charge in [-0.3, -0.25) is 9.59 Å². The van der Waals surface area contributed by atoms with Crippen LogP contribution in [0.15, 0.2) is 23.8 Å². The lowest BCUT2D eigenvalue weighted by molar-refractivity contribution is -0.158. The Bertz CT molecular complexity index is 574. The van der Waals surface area contributed by atoms with Gasteiger partial charge in [0.05, 0.1) is 0 Å². The first-order valence-corrected chi connectivity index (χ1v) is 8.85. The van der Waals surface area contributed by atoms with E-state index >= 15 is 0 Å². The summed E-state index contributed by atoms with van der Waals surface area (Å²) in [7, 11) is 0. The standard InChI is InChI=1S/C20H30O4/c1-11(2)7-18(22)24-17-9-15(12(3)4)10-20(17)13(5)8-16(21)19(23)14(20)6/h8,11,14-15,17,19,23H,3,7,9-10H2,1-2,4-6H3/t14-,15-,17-,19-,20+/m0/s1. The van der Waals surface area contributed by atoms with E-state index in [-0.39, 0.29) is 35.6 Å². The summed E-state index contributed by atoms with van der Waals surface area (Å²) in [6.07, 6.45) is 2.02. The van der Waals surface area contributed by atoms with E-state index < -0.39 is 11.5 Å². The largest absolute Gasteiger partial charge is 0.461 e. The number of aliphatic hydroxyl groups excluding tert-OH is 1. The predicted octanol–water partition coefficient (Wildman–Crippen LogP) is 3.44. The number of hydrogen-bond acceptors (Lipinski definition) is 4. The van der Waals surface area contributed by atoms with Gasteiger partial charge in [-0.2, -0.15) is 0 Å². The van der Waals surface area contributed by atoms with Gasteiger partial charge in [-0.25, -0.2) is 0 Å². The Labute approximate surface area is 145 Å². The number of carbonyl (C=O) groups is 2. The fraction of sp³-hybridized carbons (Fsp3) is 0.700. The van der Waals surface area contributed by atoms with Crippen LogP contribution in [-0.4, -0.2) is 29.1 Å². The van der Waals surface area contributed by atoms with Crippen molar-refractivity contribution in [3.05, 3.63) is 23.8 Å². The van der Waals surface area contributed by atoms with Crippen LogP contribution in [0.2, 0.25) is 0 Å². The molecule has 1 spiro atoms. The van der Waals surface area contributed by atoms with E-state index in [2.05, 4.69) is 6.58 Å². The second-order valence-corrected chi connectivity index (χ2v) is 8.06. The van der Waals surface area contributed by atoms with E-state index in [1.165, 1.54) is 6.08 Å². The van der Waals surface area contributed by atoms with Gasteiger partial charge in [0.2, 0.25) is 0 Å². The van der Waals surface area contributed by atoms with Gasteiger partial charge in [-0.05, 0) is 44.6 Å². The van der Waals surface area contributed by atoms with E-state index in [9.17, 15) is 14.7 Å². The first-order valence-electron chi connectivity index (χ1n) is 8.85. The third-order valence-corrected chi connectivity index (χ3v) is 5.87. The van der Waals surface area contributed by atoms with Crippen LogP contribution >= 0.6 is 0 Å². The number of carbonyl (C=O) groups excluding carboxylic acids is 2. The third-order valence-electron chi connectivity index (χ3n) is 5.87. The van der Waals surface area contributed by atoms with Crippen molar-refractivity contribution in [2.45, 2.75) is 66.1 Å². The fourth-order valence-electron chi connectivity index (χ4n) is 4.37. The number of allylic oxidation sites excluding steroid dienone is 1. The molecule has 1 N–H and O–H groups in total. The smallest absolute Gasteiger partial charge is 0.306 e. The molecule has 2 rings (SSSR count). The molecular weight excluding hydrogens is 304 g/mol. The number of hydrogen-bond donors (Lipinski definition) is 1. The molecule has 0 unspecified atom stereocenters. The summed E-state index contributed by atoms with van der Waals surface area (Å²) in [5, 5.41) is 10.4. The van der Waals surface area contributed by atoms with Crippen molar-refractivity contribution in [2.75, 3.05) is 0 Å². The fourth-order valence-corrected chi connectivity index (χ4v) is 4.37.